The zero-order valence-electron chi connectivity index (χ0n) is 14.7. The highest BCUT2D eigenvalue weighted by atomic mass is 32.2. The van der Waals surface area contributed by atoms with Gasteiger partial charge < -0.3 is 0 Å². The molecule has 8 nitrogen and oxygen atoms in total. The minimum Gasteiger partial charge on any atom is -0.294 e. The predicted molar refractivity (Wildman–Crippen MR) is 99.7 cm³/mol. The van der Waals surface area contributed by atoms with Crippen LogP contribution in [0.25, 0.3) is 11.5 Å². The number of anilines is 1. The number of aryl methyl sites for hydroxylation is 1. The van der Waals surface area contributed by atoms with Crippen molar-refractivity contribution in [2.75, 3.05) is 11.6 Å². The molecule has 1 amide bonds. The van der Waals surface area contributed by atoms with Gasteiger partial charge in [-0.2, -0.15) is 9.97 Å². The number of rotatable bonds is 5. The van der Waals surface area contributed by atoms with Crippen molar-refractivity contribution in [1.29, 1.82) is 0 Å². The minimum atomic E-state index is -3.27. The first-order valence-electron chi connectivity index (χ1n) is 8.04. The van der Waals surface area contributed by atoms with Crippen molar-refractivity contribution >= 4 is 21.7 Å². The van der Waals surface area contributed by atoms with Crippen molar-refractivity contribution in [3.05, 3.63) is 60.0 Å². The maximum absolute atomic E-state index is 12.3. The van der Waals surface area contributed by atoms with Gasteiger partial charge in [0.2, 0.25) is 11.9 Å². The third-order valence-corrected chi connectivity index (χ3v) is 4.74. The zero-order chi connectivity index (χ0) is 19.4. The van der Waals surface area contributed by atoms with E-state index in [1.165, 1.54) is 12.1 Å². The average molecular weight is 383 g/mol. The fourth-order valence-electron chi connectivity index (χ4n) is 2.36. The lowest BCUT2D eigenvalue weighted by Crippen LogP contribution is -2.17. The molecule has 0 radical (unpaired) electrons. The Balaban J connectivity index is 1.73. The first kappa shape index (κ1) is 18.6. The van der Waals surface area contributed by atoms with Gasteiger partial charge in [-0.1, -0.05) is 18.2 Å². The third-order valence-electron chi connectivity index (χ3n) is 3.61. The molecular formula is C18H17N5O3S. The van der Waals surface area contributed by atoms with Crippen molar-refractivity contribution in [3.8, 4) is 11.5 Å². The number of aromatic nitrogens is 4. The maximum atomic E-state index is 12.3. The molecule has 9 heteroatoms. The molecule has 0 unspecified atom stereocenters. The molecule has 0 spiro atoms. The van der Waals surface area contributed by atoms with Crippen molar-refractivity contribution in [1.82, 2.24) is 19.9 Å². The van der Waals surface area contributed by atoms with E-state index < -0.39 is 9.84 Å². The number of carbonyl (C=O) groups is 1. The molecule has 0 atom stereocenters. The van der Waals surface area contributed by atoms with Crippen LogP contribution in [0.4, 0.5) is 5.95 Å². The Morgan fingerprint density at radius 3 is 2.41 bits per heavy atom. The smallest absolute Gasteiger partial charge is 0.233 e. The van der Waals surface area contributed by atoms with E-state index in [-0.39, 0.29) is 23.2 Å². The van der Waals surface area contributed by atoms with Gasteiger partial charge in [-0.25, -0.2) is 13.4 Å². The zero-order valence-corrected chi connectivity index (χ0v) is 15.6. The number of hydrogen-bond donors (Lipinski definition) is 1. The van der Waals surface area contributed by atoms with Crippen molar-refractivity contribution in [3.63, 3.8) is 0 Å². The first-order valence-corrected chi connectivity index (χ1v) is 9.93. The van der Waals surface area contributed by atoms with Crippen LogP contribution >= 0.6 is 0 Å². The lowest BCUT2D eigenvalue weighted by atomic mass is 10.1. The highest BCUT2D eigenvalue weighted by Crippen LogP contribution is 2.14. The van der Waals surface area contributed by atoms with Gasteiger partial charge in [0.1, 0.15) is 11.5 Å². The lowest BCUT2D eigenvalue weighted by molar-refractivity contribution is -0.115. The van der Waals surface area contributed by atoms with Gasteiger partial charge in [0.05, 0.1) is 11.3 Å². The van der Waals surface area contributed by atoms with E-state index in [2.05, 4.69) is 25.3 Å². The molecule has 3 aromatic rings. The van der Waals surface area contributed by atoms with Crippen LogP contribution in [0, 0.1) is 6.92 Å². The van der Waals surface area contributed by atoms with Gasteiger partial charge in [0.15, 0.2) is 15.7 Å². The summed E-state index contributed by atoms with van der Waals surface area (Å²) in [5.74, 6) is 0.648. The van der Waals surface area contributed by atoms with Crippen molar-refractivity contribution in [2.24, 2.45) is 0 Å². The third kappa shape index (κ3) is 4.91. The summed E-state index contributed by atoms with van der Waals surface area (Å²) in [5, 5.41) is 2.64. The summed E-state index contributed by atoms with van der Waals surface area (Å²) in [6.07, 6.45) is 2.83. The minimum absolute atomic E-state index is 0.0632. The van der Waals surface area contributed by atoms with Crippen LogP contribution in [0.2, 0.25) is 0 Å². The molecule has 2 aromatic heterocycles. The van der Waals surface area contributed by atoms with Crippen LogP contribution in [0.3, 0.4) is 0 Å². The molecule has 0 saturated heterocycles. The van der Waals surface area contributed by atoms with Gasteiger partial charge in [-0.15, -0.1) is 0 Å². The summed E-state index contributed by atoms with van der Waals surface area (Å²) in [6.45, 7) is 1.70. The van der Waals surface area contributed by atoms with Crippen LogP contribution in [-0.2, 0) is 21.1 Å². The average Bonchev–Trinajstić information content (AvgIpc) is 2.61. The predicted octanol–water partition coefficient (Wildman–Crippen LogP) is 1.83. The van der Waals surface area contributed by atoms with Crippen LogP contribution in [0.1, 0.15) is 11.4 Å². The van der Waals surface area contributed by atoms with Crippen LogP contribution < -0.4 is 5.32 Å². The van der Waals surface area contributed by atoms with Gasteiger partial charge in [-0.05, 0) is 36.8 Å². The van der Waals surface area contributed by atoms with E-state index in [9.17, 15) is 13.2 Å². The van der Waals surface area contributed by atoms with Gasteiger partial charge in [0, 0.05) is 12.5 Å². The molecule has 1 N–H and O–H groups in total. The number of nitrogens with zero attached hydrogens (tertiary/aromatic N) is 4. The normalized spacial score (nSPS) is 11.2. The largest absolute Gasteiger partial charge is 0.294 e. The Morgan fingerprint density at radius 2 is 1.78 bits per heavy atom. The summed E-state index contributed by atoms with van der Waals surface area (Å²) in [6, 6.07) is 11.5. The summed E-state index contributed by atoms with van der Waals surface area (Å²) >= 11 is 0. The monoisotopic (exact) mass is 383 g/mol. The Morgan fingerprint density at radius 1 is 1.04 bits per heavy atom. The number of amides is 1. The first-order chi connectivity index (χ1) is 12.8. The van der Waals surface area contributed by atoms with Gasteiger partial charge in [-0.3, -0.25) is 15.1 Å². The topological polar surface area (TPSA) is 115 Å². The van der Waals surface area contributed by atoms with E-state index in [4.69, 9.17) is 0 Å². The maximum Gasteiger partial charge on any atom is 0.233 e. The Bertz CT molecular complexity index is 1070. The summed E-state index contributed by atoms with van der Waals surface area (Å²) in [4.78, 5) is 29.3. The number of nitrogens with one attached hydrogen (secondary N) is 1. The lowest BCUT2D eigenvalue weighted by Gasteiger charge is -2.07. The molecule has 1 aromatic carbocycles. The number of benzene rings is 1. The SMILES string of the molecule is Cc1nc(NC(=O)Cc2ccc(S(C)(=O)=O)cc2)nc(-c2ccccn2)n1. The molecule has 0 aliphatic heterocycles. The number of hydrogen-bond acceptors (Lipinski definition) is 7. The number of pyridine rings is 1. The quantitative estimate of drug-likeness (QED) is 0.714. The second kappa shape index (κ2) is 7.58. The second-order valence-corrected chi connectivity index (χ2v) is 7.90. The number of sulfone groups is 1. The van der Waals surface area contributed by atoms with E-state index in [0.717, 1.165) is 6.26 Å². The summed E-state index contributed by atoms with van der Waals surface area (Å²) in [7, 11) is -3.27. The Kier molecular flexibility index (Phi) is 5.22. The van der Waals surface area contributed by atoms with Gasteiger partial charge >= 0.3 is 0 Å². The second-order valence-electron chi connectivity index (χ2n) is 5.89. The molecule has 0 bridgehead atoms. The molecule has 0 fully saturated rings. The molecule has 27 heavy (non-hydrogen) atoms. The van der Waals surface area contributed by atoms with Crippen molar-refractivity contribution < 1.29 is 13.2 Å². The Hall–Kier alpha value is -3.20. The standard InChI is InChI=1S/C18H17N5O3S/c1-12-20-17(15-5-3-4-10-19-15)23-18(21-12)22-16(24)11-13-6-8-14(9-7-13)27(2,25)26/h3-10H,11H2,1-2H3,(H,20,21,22,23,24). The van der Waals surface area contributed by atoms with E-state index >= 15 is 0 Å². The molecule has 2 heterocycles. The highest BCUT2D eigenvalue weighted by molar-refractivity contribution is 7.90. The molecule has 0 saturated carbocycles. The van der Waals surface area contributed by atoms with Crippen LogP contribution in [0.5, 0.6) is 0 Å². The Labute approximate surface area is 156 Å². The summed E-state index contributed by atoms with van der Waals surface area (Å²) < 4.78 is 23.0. The molecule has 3 rings (SSSR count). The summed E-state index contributed by atoms with van der Waals surface area (Å²) in [5.41, 5.74) is 1.26. The van der Waals surface area contributed by atoms with Crippen LogP contribution in [0.15, 0.2) is 53.6 Å². The fraction of sp³-hybridized carbons (Fsp3) is 0.167. The van der Waals surface area contributed by atoms with E-state index in [1.807, 2.05) is 6.07 Å². The van der Waals surface area contributed by atoms with Crippen LogP contribution in [-0.4, -0.2) is 40.5 Å². The fourth-order valence-corrected chi connectivity index (χ4v) is 2.99. The molecule has 0 aliphatic carbocycles. The van der Waals surface area contributed by atoms with E-state index in [1.54, 1.807) is 37.4 Å². The molecule has 138 valence electrons. The highest BCUT2D eigenvalue weighted by Gasteiger charge is 2.12. The van der Waals surface area contributed by atoms with Crippen molar-refractivity contribution in [2.45, 2.75) is 18.2 Å². The number of carbonyl (C=O) groups excluding carboxylic acids is 1. The molecule has 0 aliphatic rings. The van der Waals surface area contributed by atoms with Gasteiger partial charge in [0.25, 0.3) is 0 Å². The van der Waals surface area contributed by atoms with E-state index in [0.29, 0.717) is 22.9 Å². The molecular weight excluding hydrogens is 366 g/mol.